The van der Waals surface area contributed by atoms with Crippen LogP contribution in [0.2, 0.25) is 0 Å². The molecule has 1 heteroatoms. The molecule has 13 heavy (non-hydrogen) atoms. The number of unbranched alkanes of at least 4 members (excludes halogenated alkanes) is 2. The van der Waals surface area contributed by atoms with Gasteiger partial charge in [-0.3, -0.25) is 4.79 Å². The van der Waals surface area contributed by atoms with Crippen LogP contribution in [0.5, 0.6) is 0 Å². The van der Waals surface area contributed by atoms with Gasteiger partial charge < -0.3 is 0 Å². The fourth-order valence-electron chi connectivity index (χ4n) is 1.25. The minimum atomic E-state index is 0.167. The first-order chi connectivity index (χ1) is 6.34. The lowest BCUT2D eigenvalue weighted by atomic mass is 10.1. The van der Waals surface area contributed by atoms with E-state index in [1.54, 1.807) is 6.08 Å². The third-order valence-electron chi connectivity index (χ3n) is 2.08. The Morgan fingerprint density at radius 3 is 3.00 bits per heavy atom. The van der Waals surface area contributed by atoms with Crippen molar-refractivity contribution in [3.05, 3.63) is 36.0 Å². The Balaban J connectivity index is 2.31. The van der Waals surface area contributed by atoms with Gasteiger partial charge in [0, 0.05) is 5.57 Å². The van der Waals surface area contributed by atoms with Crippen LogP contribution in [0.1, 0.15) is 32.6 Å². The van der Waals surface area contributed by atoms with E-state index in [-0.39, 0.29) is 5.78 Å². The molecule has 0 N–H and O–H groups in total. The zero-order valence-electron chi connectivity index (χ0n) is 8.12. The van der Waals surface area contributed by atoms with Gasteiger partial charge in [0.05, 0.1) is 0 Å². The van der Waals surface area contributed by atoms with Gasteiger partial charge in [-0.2, -0.15) is 0 Å². The molecule has 0 amide bonds. The Kier molecular flexibility index (Phi) is 4.24. The second-order valence-electron chi connectivity index (χ2n) is 3.23. The van der Waals surface area contributed by atoms with Crippen molar-refractivity contribution in [2.45, 2.75) is 32.6 Å². The predicted octanol–water partition coefficient (Wildman–Crippen LogP) is 3.19. The monoisotopic (exact) mass is 176 g/mol. The highest BCUT2D eigenvalue weighted by Gasteiger charge is 2.08. The molecule has 0 bridgehead atoms. The topological polar surface area (TPSA) is 17.1 Å². The molecule has 1 nitrogen and oxygen atoms in total. The van der Waals surface area contributed by atoms with Gasteiger partial charge in [0.15, 0.2) is 5.78 Å². The number of carbonyl (C=O) groups is 1. The summed E-state index contributed by atoms with van der Waals surface area (Å²) in [7, 11) is 0. The van der Waals surface area contributed by atoms with Crippen LogP contribution in [-0.4, -0.2) is 5.78 Å². The standard InChI is InChI=1S/C12H16O/c1-2-3-4-5-6-8-11-9-7-10-12(11)13/h5-8,10H,2-4,9H2,1H3/b6-5+,11-8+. The zero-order chi connectivity index (χ0) is 9.52. The molecule has 0 unspecified atom stereocenters. The van der Waals surface area contributed by atoms with Crippen LogP contribution in [0.25, 0.3) is 0 Å². The van der Waals surface area contributed by atoms with E-state index in [4.69, 9.17) is 0 Å². The molecule has 0 heterocycles. The molecule has 70 valence electrons. The Morgan fingerprint density at radius 1 is 1.54 bits per heavy atom. The van der Waals surface area contributed by atoms with E-state index in [9.17, 15) is 4.79 Å². The van der Waals surface area contributed by atoms with Crippen LogP contribution in [-0.2, 0) is 4.79 Å². The van der Waals surface area contributed by atoms with Crippen LogP contribution in [0.4, 0.5) is 0 Å². The number of ketones is 1. The average molecular weight is 176 g/mol. The molecule has 0 aromatic rings. The Bertz CT molecular complexity index is 256. The summed E-state index contributed by atoms with van der Waals surface area (Å²) in [4.78, 5) is 11.1. The molecular formula is C12H16O. The maximum atomic E-state index is 11.1. The number of hydrogen-bond acceptors (Lipinski definition) is 1. The normalized spacial score (nSPS) is 19.5. The lowest BCUT2D eigenvalue weighted by Gasteiger charge is -1.90. The van der Waals surface area contributed by atoms with E-state index in [0.717, 1.165) is 18.4 Å². The fraction of sp³-hybridized carbons (Fsp3) is 0.417. The lowest BCUT2D eigenvalue weighted by Crippen LogP contribution is -1.89. The number of allylic oxidation sites excluding steroid dienone is 6. The van der Waals surface area contributed by atoms with Crippen LogP contribution in [0.15, 0.2) is 36.0 Å². The summed E-state index contributed by atoms with van der Waals surface area (Å²) in [6.07, 6.45) is 14.0. The van der Waals surface area contributed by atoms with Crippen molar-refractivity contribution < 1.29 is 4.79 Å². The smallest absolute Gasteiger partial charge is 0.181 e. The molecule has 0 fully saturated rings. The summed E-state index contributed by atoms with van der Waals surface area (Å²) in [5.41, 5.74) is 0.910. The van der Waals surface area contributed by atoms with Gasteiger partial charge >= 0.3 is 0 Å². The van der Waals surface area contributed by atoms with Crippen LogP contribution in [0, 0.1) is 0 Å². The van der Waals surface area contributed by atoms with Gasteiger partial charge in [-0.15, -0.1) is 0 Å². The van der Waals surface area contributed by atoms with Gasteiger partial charge in [-0.1, -0.05) is 44.1 Å². The Labute approximate surface area is 79.8 Å². The summed E-state index contributed by atoms with van der Waals surface area (Å²) in [5.74, 6) is 0.167. The molecule has 0 saturated carbocycles. The minimum Gasteiger partial charge on any atom is -0.290 e. The first-order valence-electron chi connectivity index (χ1n) is 4.91. The van der Waals surface area contributed by atoms with Gasteiger partial charge in [0.1, 0.15) is 0 Å². The molecule has 0 aliphatic heterocycles. The Morgan fingerprint density at radius 2 is 2.38 bits per heavy atom. The highest BCUT2D eigenvalue weighted by molar-refractivity contribution is 6.06. The molecular weight excluding hydrogens is 160 g/mol. The van der Waals surface area contributed by atoms with Crippen molar-refractivity contribution in [3.63, 3.8) is 0 Å². The predicted molar refractivity (Wildman–Crippen MR) is 55.5 cm³/mol. The first-order valence-corrected chi connectivity index (χ1v) is 4.91. The first kappa shape index (κ1) is 9.97. The number of rotatable bonds is 4. The summed E-state index contributed by atoms with van der Waals surface area (Å²) >= 11 is 0. The van der Waals surface area contributed by atoms with Crippen molar-refractivity contribution in [1.82, 2.24) is 0 Å². The largest absolute Gasteiger partial charge is 0.290 e. The van der Waals surface area contributed by atoms with Crippen molar-refractivity contribution >= 4 is 5.78 Å². The van der Waals surface area contributed by atoms with E-state index >= 15 is 0 Å². The van der Waals surface area contributed by atoms with E-state index in [1.165, 1.54) is 12.8 Å². The maximum absolute atomic E-state index is 11.1. The van der Waals surface area contributed by atoms with Crippen molar-refractivity contribution in [1.29, 1.82) is 0 Å². The average Bonchev–Trinajstić information content (AvgIpc) is 2.52. The minimum absolute atomic E-state index is 0.167. The highest BCUT2D eigenvalue weighted by Crippen LogP contribution is 2.12. The number of carbonyl (C=O) groups excluding carboxylic acids is 1. The molecule has 1 rings (SSSR count). The molecule has 1 aliphatic rings. The molecule has 0 saturated heterocycles. The Hall–Kier alpha value is -1.11. The fourth-order valence-corrected chi connectivity index (χ4v) is 1.25. The van der Waals surface area contributed by atoms with Crippen molar-refractivity contribution in [3.8, 4) is 0 Å². The molecule has 0 aromatic heterocycles. The van der Waals surface area contributed by atoms with Gasteiger partial charge in [-0.25, -0.2) is 0 Å². The van der Waals surface area contributed by atoms with E-state index in [0.29, 0.717) is 0 Å². The molecule has 0 atom stereocenters. The molecule has 1 aliphatic carbocycles. The maximum Gasteiger partial charge on any atom is 0.181 e. The second kappa shape index (κ2) is 5.52. The van der Waals surface area contributed by atoms with Gasteiger partial charge in [-0.05, 0) is 18.9 Å². The quantitative estimate of drug-likeness (QED) is 0.475. The van der Waals surface area contributed by atoms with Gasteiger partial charge in [0.2, 0.25) is 0 Å². The highest BCUT2D eigenvalue weighted by atomic mass is 16.1. The summed E-state index contributed by atoms with van der Waals surface area (Å²) in [6, 6.07) is 0. The summed E-state index contributed by atoms with van der Waals surface area (Å²) in [5, 5.41) is 0. The lowest BCUT2D eigenvalue weighted by molar-refractivity contribution is -0.111. The molecule has 0 aromatic carbocycles. The third-order valence-corrected chi connectivity index (χ3v) is 2.08. The summed E-state index contributed by atoms with van der Waals surface area (Å²) in [6.45, 7) is 2.18. The molecule has 0 spiro atoms. The van der Waals surface area contributed by atoms with Gasteiger partial charge in [0.25, 0.3) is 0 Å². The van der Waals surface area contributed by atoms with Crippen LogP contribution < -0.4 is 0 Å². The molecule has 0 radical (unpaired) electrons. The van der Waals surface area contributed by atoms with E-state index < -0.39 is 0 Å². The van der Waals surface area contributed by atoms with Crippen LogP contribution in [0.3, 0.4) is 0 Å². The summed E-state index contributed by atoms with van der Waals surface area (Å²) < 4.78 is 0. The SMILES string of the molecule is CCCC/C=C/C=C1\CC=CC1=O. The van der Waals surface area contributed by atoms with E-state index in [1.807, 2.05) is 18.2 Å². The van der Waals surface area contributed by atoms with Crippen molar-refractivity contribution in [2.75, 3.05) is 0 Å². The van der Waals surface area contributed by atoms with Crippen molar-refractivity contribution in [2.24, 2.45) is 0 Å². The second-order valence-corrected chi connectivity index (χ2v) is 3.23. The zero-order valence-corrected chi connectivity index (χ0v) is 8.12. The van der Waals surface area contributed by atoms with Crippen LogP contribution >= 0.6 is 0 Å². The number of hydrogen-bond donors (Lipinski definition) is 0. The van der Waals surface area contributed by atoms with E-state index in [2.05, 4.69) is 13.0 Å². The third kappa shape index (κ3) is 3.41.